The molecule has 85 heavy (non-hydrogen) atoms. The van der Waals surface area contributed by atoms with E-state index in [1.165, 1.54) is 88.2 Å². The van der Waals surface area contributed by atoms with E-state index in [1.54, 1.807) is 21.3 Å². The Morgan fingerprint density at radius 1 is 0.388 bits per heavy atom. The smallest absolute Gasteiger partial charge is 0.497 e. The monoisotopic (exact) mass is 1200 g/mol. The summed E-state index contributed by atoms with van der Waals surface area (Å²) in [5.74, 6) is 4.43. The standard InChI is InChI=1S/C74H102O9P2/c1-19-21-23-25-27-29-31-33-52-35-39-54(40-36-52)78-84(79-55-41-37-53(38-42-55)34-32-30-28-26-24-22-20-2)80-69-61(46-57(76-17)49-65(69)73(10,11)12)62-47-58(77-18)50-66(74(13,14)15)70(62)83-85-81-67-59(43-51(3)44-63(67)71(4,5)6)60-45-56(75-16)48-64(68(60)82-85)72(7,8)9/h35-50H,19-34H2,1-18H3. The van der Waals surface area contributed by atoms with Gasteiger partial charge in [0.25, 0.3) is 0 Å². The zero-order chi connectivity index (χ0) is 61.7. The van der Waals surface area contributed by atoms with E-state index in [0.29, 0.717) is 56.8 Å². The van der Waals surface area contributed by atoms with Gasteiger partial charge in [-0.2, -0.15) is 0 Å². The number of ether oxygens (including phenoxy) is 3. The van der Waals surface area contributed by atoms with Gasteiger partial charge in [-0.25, -0.2) is 0 Å². The number of fused-ring (bicyclic) bond motifs is 3. The van der Waals surface area contributed by atoms with Crippen molar-refractivity contribution in [1.29, 1.82) is 0 Å². The molecule has 1 atom stereocenters. The number of hydrogen-bond donors (Lipinski definition) is 0. The van der Waals surface area contributed by atoms with Gasteiger partial charge < -0.3 is 40.7 Å². The third-order valence-electron chi connectivity index (χ3n) is 15.9. The molecule has 0 fully saturated rings. The van der Waals surface area contributed by atoms with Crippen LogP contribution in [0.25, 0.3) is 33.1 Å². The van der Waals surface area contributed by atoms with Crippen LogP contribution in [0.15, 0.2) is 105 Å². The van der Waals surface area contributed by atoms with E-state index in [2.05, 4.69) is 165 Å². The van der Waals surface area contributed by atoms with Crippen LogP contribution in [0.3, 0.4) is 0 Å². The second kappa shape index (κ2) is 29.8. The molecule has 462 valence electrons. The minimum atomic E-state index is -2.24. The number of benzene rings is 6. The molecule has 0 aliphatic rings. The summed E-state index contributed by atoms with van der Waals surface area (Å²) in [7, 11) is 0.701. The summed E-state index contributed by atoms with van der Waals surface area (Å²) in [5.41, 5.74) is 8.59. The molecule has 0 spiro atoms. The Labute approximate surface area is 513 Å². The Morgan fingerprint density at radius 2 is 0.753 bits per heavy atom. The van der Waals surface area contributed by atoms with Crippen LogP contribution >= 0.6 is 16.8 Å². The fraction of sp³-hybridized carbons (Fsp3) is 0.514. The van der Waals surface area contributed by atoms with Crippen molar-refractivity contribution >= 4 is 38.8 Å². The van der Waals surface area contributed by atoms with Gasteiger partial charge in [0.2, 0.25) is 0 Å². The first-order valence-electron chi connectivity index (χ1n) is 31.5. The van der Waals surface area contributed by atoms with Crippen LogP contribution in [-0.2, 0) is 34.5 Å². The molecular weight excluding hydrogens is 1090 g/mol. The van der Waals surface area contributed by atoms with Crippen LogP contribution in [0, 0.1) is 6.92 Å². The maximum atomic E-state index is 7.58. The van der Waals surface area contributed by atoms with Crippen LogP contribution in [0.4, 0.5) is 0 Å². The van der Waals surface area contributed by atoms with Crippen molar-refractivity contribution in [2.75, 3.05) is 21.3 Å². The third kappa shape index (κ3) is 18.2. The quantitative estimate of drug-likeness (QED) is 0.0351. The predicted octanol–water partition coefficient (Wildman–Crippen LogP) is 23.7. The number of unbranched alkanes of at least 4 members (excludes halogenated alkanes) is 12. The SMILES string of the molecule is CCCCCCCCCc1ccc(OP(Oc2ccc(CCCCCCCCC)cc2)Oc2c(-c3cc(OC)cc(C(C)(C)C)c3Op3oc4c(C(C)(C)C)cc(C)cc4c4cc(OC)cc(C(C)(C)C)c4o3)cc(OC)cc2C(C)(C)C)cc1. The van der Waals surface area contributed by atoms with Crippen molar-refractivity contribution in [3.8, 4) is 51.4 Å². The normalized spacial score (nSPS) is 12.5. The molecule has 7 aromatic rings. The summed E-state index contributed by atoms with van der Waals surface area (Å²) in [4.78, 5) is 0. The van der Waals surface area contributed by atoms with Crippen molar-refractivity contribution in [1.82, 2.24) is 0 Å². The van der Waals surface area contributed by atoms with Crippen LogP contribution in [0.1, 0.15) is 226 Å². The molecule has 0 saturated carbocycles. The van der Waals surface area contributed by atoms with E-state index >= 15 is 0 Å². The first kappa shape index (κ1) is 66.8. The Kier molecular flexibility index (Phi) is 23.4. The average Bonchev–Trinajstić information content (AvgIpc) is 3.11. The zero-order valence-corrected chi connectivity index (χ0v) is 56.9. The van der Waals surface area contributed by atoms with Crippen molar-refractivity contribution in [2.45, 2.75) is 228 Å². The lowest BCUT2D eigenvalue weighted by Gasteiger charge is -2.29. The highest BCUT2D eigenvalue weighted by Crippen LogP contribution is 2.56. The van der Waals surface area contributed by atoms with Crippen molar-refractivity contribution in [3.63, 3.8) is 0 Å². The first-order valence-corrected chi connectivity index (χ1v) is 33.7. The number of hydrogen-bond acceptors (Lipinski definition) is 9. The Hall–Kier alpha value is -5.75. The van der Waals surface area contributed by atoms with Gasteiger partial charge in [-0.1, -0.05) is 204 Å². The summed E-state index contributed by atoms with van der Waals surface area (Å²) in [6.07, 6.45) is 19.8. The van der Waals surface area contributed by atoms with Gasteiger partial charge in [0.15, 0.2) is 0 Å². The minimum absolute atomic E-state index is 0.307. The van der Waals surface area contributed by atoms with Gasteiger partial charge in [-0.3, -0.25) is 0 Å². The summed E-state index contributed by atoms with van der Waals surface area (Å²) in [6.45, 7) is 33.0. The lowest BCUT2D eigenvalue weighted by atomic mass is 9.81. The Bertz CT molecular complexity index is 3250. The van der Waals surface area contributed by atoms with E-state index in [4.69, 9.17) is 40.7 Å². The van der Waals surface area contributed by atoms with E-state index < -0.39 is 27.7 Å². The molecule has 1 unspecified atom stereocenters. The molecule has 0 radical (unpaired) electrons. The van der Waals surface area contributed by atoms with Crippen molar-refractivity contribution in [3.05, 3.63) is 136 Å². The molecule has 0 N–H and O–H groups in total. The molecule has 0 aliphatic heterocycles. The molecular formula is C74H102O9P2. The predicted molar refractivity (Wildman–Crippen MR) is 359 cm³/mol. The largest absolute Gasteiger partial charge is 0.530 e. The van der Waals surface area contributed by atoms with E-state index in [9.17, 15) is 0 Å². The summed E-state index contributed by atoms with van der Waals surface area (Å²) >= 11 is 0. The van der Waals surface area contributed by atoms with Gasteiger partial charge in [-0.05, 0) is 138 Å². The zero-order valence-electron chi connectivity index (χ0n) is 55.1. The Balaban J connectivity index is 1.42. The fourth-order valence-electron chi connectivity index (χ4n) is 10.9. The lowest BCUT2D eigenvalue weighted by molar-refractivity contribution is 0.380. The molecule has 6 aromatic carbocycles. The van der Waals surface area contributed by atoms with Crippen LogP contribution in [-0.4, -0.2) is 21.3 Å². The highest BCUT2D eigenvalue weighted by molar-refractivity contribution is 7.43. The molecule has 0 aliphatic carbocycles. The Morgan fingerprint density at radius 3 is 1.18 bits per heavy atom. The van der Waals surface area contributed by atoms with Crippen molar-refractivity contribution in [2.24, 2.45) is 0 Å². The molecule has 0 saturated heterocycles. The maximum Gasteiger partial charge on any atom is 0.530 e. The second-order valence-corrected chi connectivity index (χ2v) is 29.4. The summed E-state index contributed by atoms with van der Waals surface area (Å²) < 4.78 is 62.1. The molecule has 7 rings (SSSR count). The summed E-state index contributed by atoms with van der Waals surface area (Å²) in [6, 6.07) is 33.6. The number of aryl methyl sites for hydroxylation is 3. The molecule has 0 bridgehead atoms. The van der Waals surface area contributed by atoms with Gasteiger partial charge in [0.1, 0.15) is 51.4 Å². The van der Waals surface area contributed by atoms with Crippen LogP contribution < -0.4 is 32.3 Å². The van der Waals surface area contributed by atoms with Crippen LogP contribution in [0.5, 0.6) is 40.2 Å². The number of methoxy groups -OCH3 is 3. The lowest BCUT2D eigenvalue weighted by Crippen LogP contribution is -2.16. The number of rotatable bonds is 28. The molecule has 9 nitrogen and oxygen atoms in total. The van der Waals surface area contributed by atoms with Gasteiger partial charge in [0, 0.05) is 44.2 Å². The topological polar surface area (TPSA) is 90.9 Å². The average molecular weight is 1200 g/mol. The van der Waals surface area contributed by atoms with E-state index in [0.717, 1.165) is 70.0 Å². The molecule has 1 heterocycles. The highest BCUT2D eigenvalue weighted by Gasteiger charge is 2.34. The first-order chi connectivity index (χ1) is 40.3. The van der Waals surface area contributed by atoms with Crippen molar-refractivity contribution < 1.29 is 40.7 Å². The van der Waals surface area contributed by atoms with Gasteiger partial charge in [-0.15, -0.1) is 0 Å². The molecule has 11 heteroatoms. The van der Waals surface area contributed by atoms with Gasteiger partial charge in [0.05, 0.1) is 21.3 Å². The minimum Gasteiger partial charge on any atom is -0.497 e. The summed E-state index contributed by atoms with van der Waals surface area (Å²) in [5, 5.41) is 1.80. The highest BCUT2D eigenvalue weighted by atomic mass is 31.2. The molecule has 1 aromatic heterocycles. The maximum absolute atomic E-state index is 7.58. The fourth-order valence-corrected chi connectivity index (χ4v) is 13.1. The second-order valence-electron chi connectivity index (χ2n) is 27.4. The van der Waals surface area contributed by atoms with Gasteiger partial charge >= 0.3 is 16.8 Å². The van der Waals surface area contributed by atoms with Crippen LogP contribution in [0.2, 0.25) is 0 Å². The molecule has 0 amide bonds. The van der Waals surface area contributed by atoms with E-state index in [-0.39, 0.29) is 10.8 Å². The third-order valence-corrected chi connectivity index (χ3v) is 18.0. The van der Waals surface area contributed by atoms with E-state index in [1.807, 2.05) is 36.4 Å².